The minimum Gasteiger partial charge on any atom is -0.394 e. The van der Waals surface area contributed by atoms with Crippen molar-refractivity contribution in [2.24, 2.45) is 0 Å². The summed E-state index contributed by atoms with van der Waals surface area (Å²) in [5, 5.41) is 11.9. The van der Waals surface area contributed by atoms with Crippen molar-refractivity contribution in [2.75, 3.05) is 25.1 Å². The van der Waals surface area contributed by atoms with Crippen LogP contribution in [-0.4, -0.2) is 41.8 Å². The lowest BCUT2D eigenvalue weighted by atomic mass is 10.0. The van der Waals surface area contributed by atoms with E-state index in [1.165, 1.54) is 0 Å². The fourth-order valence-corrected chi connectivity index (χ4v) is 2.92. The van der Waals surface area contributed by atoms with E-state index < -0.39 is 65.2 Å². The maximum absolute atomic E-state index is 15.0. The van der Waals surface area contributed by atoms with Gasteiger partial charge in [0.15, 0.2) is 11.6 Å². The number of halogens is 4. The van der Waals surface area contributed by atoms with Gasteiger partial charge in [-0.2, -0.15) is 0 Å². The standard InChI is InChI=1S/C20H19F4N3O5/c21-12-3-4-15(14(22)9-12)25-19-13(20(30)26-31-7-5-28)8-11(17(23)18(19)24)10-27-16(29)2-1-6-32-27/h3-4,8-9,25,28H,1-2,5-7,10H2,(H,26,30). The first kappa shape index (κ1) is 23.4. The van der Waals surface area contributed by atoms with E-state index >= 15 is 0 Å². The number of anilines is 2. The fraction of sp³-hybridized carbons (Fsp3) is 0.300. The molecule has 32 heavy (non-hydrogen) atoms. The Labute approximate surface area is 179 Å². The molecule has 0 aromatic heterocycles. The number of hydroxylamine groups is 3. The Hall–Kier alpha value is -3.22. The Bertz CT molecular complexity index is 1020. The number of aliphatic hydroxyl groups excluding tert-OH is 1. The summed E-state index contributed by atoms with van der Waals surface area (Å²) in [7, 11) is 0. The molecule has 1 aliphatic rings. The van der Waals surface area contributed by atoms with E-state index in [2.05, 4.69) is 5.32 Å². The molecule has 0 atom stereocenters. The Morgan fingerprint density at radius 2 is 1.97 bits per heavy atom. The van der Waals surface area contributed by atoms with Gasteiger partial charge in [0.1, 0.15) is 11.6 Å². The van der Waals surface area contributed by atoms with E-state index in [1.807, 2.05) is 5.48 Å². The Morgan fingerprint density at radius 1 is 1.19 bits per heavy atom. The second-order valence-electron chi connectivity index (χ2n) is 6.71. The second-order valence-corrected chi connectivity index (χ2v) is 6.71. The van der Waals surface area contributed by atoms with Gasteiger partial charge in [-0.25, -0.2) is 28.1 Å². The number of amides is 2. The monoisotopic (exact) mass is 457 g/mol. The summed E-state index contributed by atoms with van der Waals surface area (Å²) in [5.74, 6) is -6.42. The van der Waals surface area contributed by atoms with Crippen LogP contribution in [0.3, 0.4) is 0 Å². The fourth-order valence-electron chi connectivity index (χ4n) is 2.92. The third-order valence-corrected chi connectivity index (χ3v) is 4.45. The molecule has 12 heteroatoms. The Morgan fingerprint density at radius 3 is 2.66 bits per heavy atom. The van der Waals surface area contributed by atoms with Gasteiger partial charge in [-0.15, -0.1) is 0 Å². The molecule has 1 saturated heterocycles. The molecule has 0 bridgehead atoms. The molecule has 2 amide bonds. The lowest BCUT2D eigenvalue weighted by Gasteiger charge is -2.26. The normalized spacial score (nSPS) is 13.9. The molecule has 1 fully saturated rings. The van der Waals surface area contributed by atoms with Gasteiger partial charge in [0.2, 0.25) is 5.91 Å². The molecule has 3 rings (SSSR count). The van der Waals surface area contributed by atoms with Crippen molar-refractivity contribution in [3.8, 4) is 0 Å². The van der Waals surface area contributed by atoms with Crippen molar-refractivity contribution < 1.29 is 41.9 Å². The summed E-state index contributed by atoms with van der Waals surface area (Å²) < 4.78 is 57.0. The zero-order valence-corrected chi connectivity index (χ0v) is 16.6. The number of hydrogen-bond donors (Lipinski definition) is 3. The van der Waals surface area contributed by atoms with Crippen LogP contribution in [0.5, 0.6) is 0 Å². The molecule has 1 aliphatic heterocycles. The van der Waals surface area contributed by atoms with E-state index in [9.17, 15) is 27.2 Å². The number of carbonyl (C=O) groups is 2. The number of hydrogen-bond acceptors (Lipinski definition) is 6. The quantitative estimate of drug-likeness (QED) is 0.320. The maximum atomic E-state index is 15.0. The van der Waals surface area contributed by atoms with Crippen LogP contribution >= 0.6 is 0 Å². The number of aliphatic hydroxyl groups is 1. The van der Waals surface area contributed by atoms with Crippen molar-refractivity contribution in [2.45, 2.75) is 19.4 Å². The number of rotatable bonds is 8. The maximum Gasteiger partial charge on any atom is 0.277 e. The molecule has 0 spiro atoms. The highest BCUT2D eigenvalue weighted by molar-refractivity contribution is 6.00. The number of benzene rings is 2. The van der Waals surface area contributed by atoms with Crippen molar-refractivity contribution >= 4 is 23.2 Å². The van der Waals surface area contributed by atoms with Gasteiger partial charge in [-0.3, -0.25) is 19.3 Å². The van der Waals surface area contributed by atoms with Crippen molar-refractivity contribution in [3.63, 3.8) is 0 Å². The number of nitrogens with zero attached hydrogens (tertiary/aromatic N) is 1. The molecule has 2 aromatic rings. The van der Waals surface area contributed by atoms with Crippen LogP contribution in [0, 0.1) is 23.3 Å². The lowest BCUT2D eigenvalue weighted by Crippen LogP contribution is -2.35. The molecule has 0 unspecified atom stereocenters. The number of nitrogens with one attached hydrogen (secondary N) is 2. The summed E-state index contributed by atoms with van der Waals surface area (Å²) >= 11 is 0. The molecule has 1 heterocycles. The molecule has 0 saturated carbocycles. The zero-order valence-electron chi connectivity index (χ0n) is 16.6. The van der Waals surface area contributed by atoms with Gasteiger partial charge >= 0.3 is 0 Å². The van der Waals surface area contributed by atoms with E-state index in [0.29, 0.717) is 12.5 Å². The molecule has 172 valence electrons. The van der Waals surface area contributed by atoms with Crippen LogP contribution in [0.1, 0.15) is 28.8 Å². The van der Waals surface area contributed by atoms with E-state index in [0.717, 1.165) is 23.3 Å². The van der Waals surface area contributed by atoms with Gasteiger partial charge in [0.05, 0.1) is 43.3 Å². The molecule has 0 aliphatic carbocycles. The van der Waals surface area contributed by atoms with Crippen LogP contribution < -0.4 is 10.8 Å². The third kappa shape index (κ3) is 5.33. The topological polar surface area (TPSA) is 100 Å². The summed E-state index contributed by atoms with van der Waals surface area (Å²) in [6.45, 7) is -0.983. The first-order valence-electron chi connectivity index (χ1n) is 9.51. The highest BCUT2D eigenvalue weighted by Gasteiger charge is 2.27. The summed E-state index contributed by atoms with van der Waals surface area (Å²) in [5.41, 5.74) is -0.0943. The van der Waals surface area contributed by atoms with Crippen molar-refractivity contribution in [1.82, 2.24) is 10.5 Å². The van der Waals surface area contributed by atoms with Crippen LogP contribution in [0.15, 0.2) is 24.3 Å². The Kier molecular flexibility index (Phi) is 7.62. The highest BCUT2D eigenvalue weighted by atomic mass is 19.2. The minimum atomic E-state index is -1.54. The molecule has 8 nitrogen and oxygen atoms in total. The van der Waals surface area contributed by atoms with Crippen LogP contribution in [0.4, 0.5) is 28.9 Å². The van der Waals surface area contributed by atoms with Crippen molar-refractivity contribution in [3.05, 3.63) is 58.7 Å². The van der Waals surface area contributed by atoms with Gasteiger partial charge < -0.3 is 10.4 Å². The summed E-state index contributed by atoms with van der Waals surface area (Å²) in [6.07, 6.45) is 0.643. The first-order valence-corrected chi connectivity index (χ1v) is 9.51. The van der Waals surface area contributed by atoms with Gasteiger partial charge in [0.25, 0.3) is 5.91 Å². The predicted molar refractivity (Wildman–Crippen MR) is 102 cm³/mol. The molecule has 0 radical (unpaired) electrons. The van der Waals surface area contributed by atoms with E-state index in [1.54, 1.807) is 0 Å². The molecular weight excluding hydrogens is 438 g/mol. The molecule has 3 N–H and O–H groups in total. The second kappa shape index (κ2) is 10.4. The summed E-state index contributed by atoms with van der Waals surface area (Å²) in [6, 6.07) is 3.30. The Balaban J connectivity index is 2.00. The highest BCUT2D eigenvalue weighted by Crippen LogP contribution is 2.31. The zero-order chi connectivity index (χ0) is 23.3. The SMILES string of the molecule is O=C(NOCCO)c1cc(CN2OCCCC2=O)c(F)c(F)c1Nc1ccc(F)cc1F. The van der Waals surface area contributed by atoms with E-state index in [4.69, 9.17) is 14.8 Å². The lowest BCUT2D eigenvalue weighted by molar-refractivity contribution is -0.202. The smallest absolute Gasteiger partial charge is 0.277 e. The molecular formula is C20H19F4N3O5. The third-order valence-electron chi connectivity index (χ3n) is 4.45. The number of carbonyl (C=O) groups excluding carboxylic acids is 2. The average Bonchev–Trinajstić information content (AvgIpc) is 2.76. The van der Waals surface area contributed by atoms with Gasteiger partial charge in [-0.05, 0) is 24.6 Å². The van der Waals surface area contributed by atoms with Crippen LogP contribution in [-0.2, 0) is 21.0 Å². The largest absolute Gasteiger partial charge is 0.394 e. The average molecular weight is 457 g/mol. The first-order chi connectivity index (χ1) is 15.3. The summed E-state index contributed by atoms with van der Waals surface area (Å²) in [4.78, 5) is 34.3. The van der Waals surface area contributed by atoms with Crippen LogP contribution in [0.25, 0.3) is 0 Å². The van der Waals surface area contributed by atoms with Gasteiger partial charge in [0, 0.05) is 18.1 Å². The minimum absolute atomic E-state index is 0.163. The molecule has 2 aromatic carbocycles. The van der Waals surface area contributed by atoms with E-state index in [-0.39, 0.29) is 25.2 Å². The predicted octanol–water partition coefficient (Wildman–Crippen LogP) is 2.69. The van der Waals surface area contributed by atoms with Crippen molar-refractivity contribution in [1.29, 1.82) is 0 Å². The van der Waals surface area contributed by atoms with Crippen LogP contribution in [0.2, 0.25) is 0 Å². The van der Waals surface area contributed by atoms with Gasteiger partial charge in [-0.1, -0.05) is 0 Å².